The Balaban J connectivity index is 1.92. The van der Waals surface area contributed by atoms with Gasteiger partial charge in [0.05, 0.1) is 12.8 Å². The van der Waals surface area contributed by atoms with Gasteiger partial charge in [-0.2, -0.15) is 0 Å². The van der Waals surface area contributed by atoms with E-state index in [1.54, 1.807) is 24.5 Å². The molecule has 0 bridgehead atoms. The van der Waals surface area contributed by atoms with Crippen molar-refractivity contribution < 1.29 is 4.42 Å². The monoisotopic (exact) mass is 344 g/mol. The molecule has 0 spiro atoms. The first kappa shape index (κ1) is 15.3. The van der Waals surface area contributed by atoms with Crippen molar-refractivity contribution >= 4 is 63.3 Å². The van der Waals surface area contributed by atoms with E-state index in [1.165, 1.54) is 0 Å². The number of nitrogens with one attached hydrogen (secondary N) is 2. The van der Waals surface area contributed by atoms with E-state index in [0.717, 1.165) is 5.76 Å². The molecule has 0 fully saturated rings. The van der Waals surface area contributed by atoms with E-state index in [2.05, 4.69) is 10.6 Å². The fourth-order valence-corrected chi connectivity index (χ4v) is 2.31. The summed E-state index contributed by atoms with van der Waals surface area (Å²) < 4.78 is 5.19. The minimum absolute atomic E-state index is 0.393. The zero-order valence-corrected chi connectivity index (χ0v) is 13.3. The SMILES string of the molecule is S=C(NCc1ccco1)C(=S)Nc1cc(Cl)cc(Cl)c1. The summed E-state index contributed by atoms with van der Waals surface area (Å²) >= 11 is 22.2. The van der Waals surface area contributed by atoms with E-state index in [-0.39, 0.29) is 0 Å². The highest BCUT2D eigenvalue weighted by atomic mass is 35.5. The molecule has 0 aliphatic heterocycles. The molecule has 0 aliphatic rings. The van der Waals surface area contributed by atoms with Crippen LogP contribution in [0.3, 0.4) is 0 Å². The van der Waals surface area contributed by atoms with Crippen molar-refractivity contribution in [1.29, 1.82) is 0 Å². The van der Waals surface area contributed by atoms with Crippen LogP contribution >= 0.6 is 47.6 Å². The molecule has 2 aromatic rings. The van der Waals surface area contributed by atoms with Gasteiger partial charge in [-0.05, 0) is 30.3 Å². The summed E-state index contributed by atoms with van der Waals surface area (Å²) in [7, 11) is 0. The van der Waals surface area contributed by atoms with Gasteiger partial charge in [0.1, 0.15) is 15.7 Å². The van der Waals surface area contributed by atoms with Gasteiger partial charge in [-0.3, -0.25) is 0 Å². The van der Waals surface area contributed by atoms with Gasteiger partial charge in [-0.1, -0.05) is 47.6 Å². The zero-order valence-electron chi connectivity index (χ0n) is 10.2. The number of benzene rings is 1. The maximum absolute atomic E-state index is 5.91. The summed E-state index contributed by atoms with van der Waals surface area (Å²) in [4.78, 5) is 0.817. The summed E-state index contributed by atoms with van der Waals surface area (Å²) in [5, 5.41) is 7.03. The lowest BCUT2D eigenvalue weighted by atomic mass is 10.3. The van der Waals surface area contributed by atoms with Crippen molar-refractivity contribution in [3.63, 3.8) is 0 Å². The van der Waals surface area contributed by atoms with Crippen LogP contribution in [0.2, 0.25) is 10.0 Å². The molecular formula is C13H10Cl2N2OS2. The largest absolute Gasteiger partial charge is 0.467 e. The molecule has 1 aromatic carbocycles. The van der Waals surface area contributed by atoms with Crippen molar-refractivity contribution in [2.75, 3.05) is 5.32 Å². The summed E-state index contributed by atoms with van der Waals surface area (Å²) in [5.41, 5.74) is 0.689. The number of rotatable bonds is 3. The van der Waals surface area contributed by atoms with Crippen molar-refractivity contribution in [1.82, 2.24) is 5.32 Å². The van der Waals surface area contributed by atoms with Gasteiger partial charge >= 0.3 is 0 Å². The molecule has 0 amide bonds. The van der Waals surface area contributed by atoms with Gasteiger partial charge < -0.3 is 15.1 Å². The third-order valence-corrected chi connectivity index (χ3v) is 3.55. The number of hydrogen-bond acceptors (Lipinski definition) is 3. The van der Waals surface area contributed by atoms with E-state index < -0.39 is 0 Å². The Morgan fingerprint density at radius 1 is 1.10 bits per heavy atom. The van der Waals surface area contributed by atoms with Gasteiger partial charge in [-0.25, -0.2) is 0 Å². The minimum atomic E-state index is 0.393. The second-order valence-electron chi connectivity index (χ2n) is 3.87. The molecule has 104 valence electrons. The molecule has 0 unspecified atom stereocenters. The summed E-state index contributed by atoms with van der Waals surface area (Å²) in [6.07, 6.45) is 1.60. The maximum atomic E-state index is 5.91. The normalized spacial score (nSPS) is 10.1. The van der Waals surface area contributed by atoms with Gasteiger partial charge in [0.15, 0.2) is 0 Å². The van der Waals surface area contributed by atoms with E-state index in [9.17, 15) is 0 Å². The Bertz CT molecular complexity index is 609. The minimum Gasteiger partial charge on any atom is -0.467 e. The summed E-state index contributed by atoms with van der Waals surface area (Å²) in [6, 6.07) is 8.74. The van der Waals surface area contributed by atoms with Gasteiger partial charge in [-0.15, -0.1) is 0 Å². The highest BCUT2D eigenvalue weighted by molar-refractivity contribution is 7.89. The van der Waals surface area contributed by atoms with E-state index in [0.29, 0.717) is 32.3 Å². The standard InChI is InChI=1S/C13H10Cl2N2OS2/c14-8-4-9(15)6-10(5-8)17-13(20)12(19)16-7-11-2-1-3-18-11/h1-6H,7H2,(H,16,19)(H,17,20). The fraction of sp³-hybridized carbons (Fsp3) is 0.0769. The van der Waals surface area contributed by atoms with Crippen molar-refractivity contribution in [2.24, 2.45) is 0 Å². The molecule has 0 saturated heterocycles. The van der Waals surface area contributed by atoms with Crippen LogP contribution in [0, 0.1) is 0 Å². The van der Waals surface area contributed by atoms with Crippen LogP contribution in [0.15, 0.2) is 41.0 Å². The molecule has 7 heteroatoms. The van der Waals surface area contributed by atoms with Crippen LogP contribution in [0.5, 0.6) is 0 Å². The second kappa shape index (κ2) is 7.04. The number of anilines is 1. The predicted molar refractivity (Wildman–Crippen MR) is 90.8 cm³/mol. The lowest BCUT2D eigenvalue weighted by molar-refractivity contribution is 0.504. The molecule has 0 radical (unpaired) electrons. The first-order valence-corrected chi connectivity index (χ1v) is 7.19. The van der Waals surface area contributed by atoms with E-state index in [4.69, 9.17) is 52.1 Å². The Morgan fingerprint density at radius 3 is 2.40 bits per heavy atom. The number of hydrogen-bond donors (Lipinski definition) is 2. The average molecular weight is 345 g/mol. The van der Waals surface area contributed by atoms with Gasteiger partial charge in [0.2, 0.25) is 0 Å². The lowest BCUT2D eigenvalue weighted by Gasteiger charge is -2.11. The summed E-state index contributed by atoms with van der Waals surface area (Å²) in [6.45, 7) is 0.476. The molecule has 2 N–H and O–H groups in total. The lowest BCUT2D eigenvalue weighted by Crippen LogP contribution is -2.31. The molecule has 0 atom stereocenters. The highest BCUT2D eigenvalue weighted by Crippen LogP contribution is 2.22. The Labute approximate surface area is 137 Å². The van der Waals surface area contributed by atoms with Crippen LogP contribution in [0.4, 0.5) is 5.69 Å². The third-order valence-electron chi connectivity index (χ3n) is 2.33. The van der Waals surface area contributed by atoms with Crippen LogP contribution in [-0.2, 0) is 6.54 Å². The van der Waals surface area contributed by atoms with Crippen molar-refractivity contribution in [3.05, 3.63) is 52.4 Å². The van der Waals surface area contributed by atoms with Crippen LogP contribution in [0.25, 0.3) is 0 Å². The van der Waals surface area contributed by atoms with Crippen LogP contribution < -0.4 is 10.6 Å². The molecule has 2 rings (SSSR count). The quantitative estimate of drug-likeness (QED) is 0.805. The zero-order chi connectivity index (χ0) is 14.5. The number of halogens is 2. The predicted octanol–water partition coefficient (Wildman–Crippen LogP) is 4.44. The molecule has 0 aliphatic carbocycles. The Kier molecular flexibility index (Phi) is 5.37. The van der Waals surface area contributed by atoms with Crippen LogP contribution in [0.1, 0.15) is 5.76 Å². The van der Waals surface area contributed by atoms with Crippen molar-refractivity contribution in [3.8, 4) is 0 Å². The van der Waals surface area contributed by atoms with E-state index >= 15 is 0 Å². The highest BCUT2D eigenvalue weighted by Gasteiger charge is 2.07. The molecule has 0 saturated carbocycles. The first-order chi connectivity index (χ1) is 9.54. The fourth-order valence-electron chi connectivity index (χ4n) is 1.47. The molecule has 3 nitrogen and oxygen atoms in total. The second-order valence-corrected chi connectivity index (χ2v) is 5.56. The van der Waals surface area contributed by atoms with Gasteiger partial charge in [0.25, 0.3) is 0 Å². The van der Waals surface area contributed by atoms with Crippen molar-refractivity contribution in [2.45, 2.75) is 6.54 Å². The Morgan fingerprint density at radius 2 is 1.80 bits per heavy atom. The molecule has 20 heavy (non-hydrogen) atoms. The first-order valence-electron chi connectivity index (χ1n) is 5.62. The van der Waals surface area contributed by atoms with Gasteiger partial charge in [0, 0.05) is 15.7 Å². The Hall–Kier alpha value is -1.14. The third kappa shape index (κ3) is 4.45. The molecular weight excluding hydrogens is 335 g/mol. The summed E-state index contributed by atoms with van der Waals surface area (Å²) in [5.74, 6) is 0.779. The average Bonchev–Trinajstić information content (AvgIpc) is 2.87. The smallest absolute Gasteiger partial charge is 0.138 e. The van der Waals surface area contributed by atoms with E-state index in [1.807, 2.05) is 12.1 Å². The molecule has 1 aromatic heterocycles. The maximum Gasteiger partial charge on any atom is 0.138 e. The number of furan rings is 1. The topological polar surface area (TPSA) is 37.2 Å². The number of thiocarbonyl (C=S) groups is 2. The molecule has 1 heterocycles. The van der Waals surface area contributed by atoms with Crippen LogP contribution in [-0.4, -0.2) is 9.98 Å².